The molecule has 0 fully saturated rings. The predicted octanol–water partition coefficient (Wildman–Crippen LogP) is -25.4. The van der Waals surface area contributed by atoms with Crippen molar-refractivity contribution >= 4 is 204 Å². The van der Waals surface area contributed by atoms with Crippen molar-refractivity contribution in [1.29, 1.82) is 0 Å². The molecule has 0 atom stereocenters. The van der Waals surface area contributed by atoms with Gasteiger partial charge in [0.1, 0.15) is 0 Å². The maximum atomic E-state index is 8.53. The molecule has 0 heterocycles. The molecule has 42 heteroatoms. The molecule has 0 aromatic carbocycles. The zero-order valence-electron chi connectivity index (χ0n) is 19.4. The molecule has 0 aliphatic heterocycles. The van der Waals surface area contributed by atoms with Gasteiger partial charge in [0.05, 0.1) is 0 Å². The van der Waals surface area contributed by atoms with Crippen molar-refractivity contribution in [1.82, 2.24) is 0 Å². The van der Waals surface area contributed by atoms with E-state index in [-0.39, 0.29) is 60.7 Å². The molecule has 0 amide bonds. The average Bonchev–Trinajstić information content (AvgIpc) is 2.81. The maximum Gasteiger partial charge on any atom is 0 e. The third-order valence-corrected chi connectivity index (χ3v) is 0. The maximum absolute atomic E-state index is 8.53. The molecule has 0 spiro atoms. The fraction of sp³-hybridized carbons (Fsp3) is 0. The van der Waals surface area contributed by atoms with E-state index in [9.17, 15) is 0 Å². The molecule has 0 aliphatic rings. The van der Waals surface area contributed by atoms with Crippen molar-refractivity contribution in [2.75, 3.05) is 0 Å². The van der Waals surface area contributed by atoms with Crippen LogP contribution in [0.3, 0.4) is 0 Å². The van der Waals surface area contributed by atoms with Gasteiger partial charge in [-0.2, -0.15) is 0 Å². The second-order valence-corrected chi connectivity index (χ2v) is 6.50. The topological polar surface area (TPSA) is 522 Å². The molecule has 0 saturated heterocycles. The Morgan fingerprint density at radius 3 is 0.214 bits per heavy atom. The van der Waals surface area contributed by atoms with E-state index >= 15 is 0 Å². The average molecular weight is 1700 g/mol. The molecule has 1 radical (unpaired) electrons. The van der Waals surface area contributed by atoms with Crippen LogP contribution in [-0.4, -0.2) is 204 Å². The molecule has 0 unspecified atom stereocenters. The van der Waals surface area contributed by atoms with Gasteiger partial charge in [0, 0.05) is 39.6 Å². The van der Waals surface area contributed by atoms with Crippen molar-refractivity contribution in [3.8, 4) is 0 Å². The van der Waals surface area contributed by atoms with Crippen LogP contribution in [0.2, 0.25) is 0 Å². The monoisotopic (exact) mass is 1720 g/mol. The molecule has 0 aliphatic carbocycles. The van der Waals surface area contributed by atoms with Gasteiger partial charge >= 0.3 is 328 Å². The Balaban J connectivity index is -0.0000000124. The van der Waals surface area contributed by atoms with Crippen molar-refractivity contribution in [2.24, 2.45) is 0 Å². The normalized spacial score (nSPS) is 3.71. The summed E-state index contributed by atoms with van der Waals surface area (Å²) in [6.07, 6.45) is 0. The molecule has 0 rings (SSSR count). The zero-order valence-corrected chi connectivity index (χ0v) is 57.2. The van der Waals surface area contributed by atoms with Crippen molar-refractivity contribution in [3.63, 3.8) is 0 Å². The molecule has 0 bridgehead atoms. The second-order valence-electron chi connectivity index (χ2n) is 1.25. The standard InChI is InChI=1S/13GeHO2.Mo.V.W/c13*2-1-3;;;/h13*1H;;;/q13*-1;+4;;. The Morgan fingerprint density at radius 1 is 0.214 bits per heavy atom. The summed E-state index contributed by atoms with van der Waals surface area (Å²) >= 11 is -28.4. The molecule has 26 nitrogen and oxygen atoms in total. The summed E-state index contributed by atoms with van der Waals surface area (Å²) in [7, 11) is 0. The SMILES string of the molecule is [Mo+4].[O]=[GeH][O-].[O]=[GeH][O-].[O]=[GeH][O-].[O]=[GeH][O-].[O]=[GeH][O-].[O]=[GeH][O-].[O]=[GeH][O-].[O]=[GeH][O-].[O]=[GeH][O-].[O]=[GeH][O-].[O]=[GeH][O-].[O]=[GeH][O-].[O]=[GeH][O-].[V].[W]. The van der Waals surface area contributed by atoms with Gasteiger partial charge in [0.2, 0.25) is 0 Å². The Bertz CT molecular complexity index is 298. The Labute approximate surface area is 361 Å². The van der Waals surface area contributed by atoms with E-state index < -0.39 is 204 Å². The largest absolute Gasteiger partial charge is 0 e. The fourth-order valence-electron chi connectivity index (χ4n) is 0. The van der Waals surface area contributed by atoms with Crippen LogP contribution < -0.4 is 53.7 Å². The third-order valence-electron chi connectivity index (χ3n) is 0. The van der Waals surface area contributed by atoms with Crippen LogP contribution >= 0.6 is 0 Å². The van der Waals surface area contributed by atoms with Crippen LogP contribution in [0.5, 0.6) is 0 Å². The minimum absolute atomic E-state index is 0. The van der Waals surface area contributed by atoms with Gasteiger partial charge in [0.15, 0.2) is 0 Å². The van der Waals surface area contributed by atoms with Crippen molar-refractivity contribution in [3.05, 3.63) is 0 Å². The van der Waals surface area contributed by atoms with Gasteiger partial charge in [-0.25, -0.2) is 0 Å². The first-order valence-corrected chi connectivity index (χ1v) is 31.8. The predicted molar refractivity (Wildman–Crippen MR) is 102 cm³/mol. The Morgan fingerprint density at radius 2 is 0.214 bits per heavy atom. The first-order chi connectivity index (χ1) is 18.4. The first-order valence-electron chi connectivity index (χ1n) is 6.13. The molecule has 0 saturated carbocycles. The summed E-state index contributed by atoms with van der Waals surface area (Å²) in [6, 6.07) is 0. The summed E-state index contributed by atoms with van der Waals surface area (Å²) in [5.74, 6) is 0. The fourth-order valence-corrected chi connectivity index (χ4v) is 0. The molecule has 0 aromatic rings. The van der Waals surface area contributed by atoms with Gasteiger partial charge < -0.3 is 0 Å². The van der Waals surface area contributed by atoms with Crippen LogP contribution in [0, 0.1) is 0 Å². The van der Waals surface area contributed by atoms with Gasteiger partial charge in [-0.15, -0.1) is 0 Å². The molecule has 0 aromatic heterocycles. The van der Waals surface area contributed by atoms with Crippen LogP contribution in [0.4, 0.5) is 0 Å². The smallest absolute Gasteiger partial charge is 0 e. The Kier molecular flexibility index (Phi) is 750. The third kappa shape index (κ3) is 5510. The van der Waals surface area contributed by atoms with Gasteiger partial charge in [0.25, 0.3) is 0 Å². The van der Waals surface area contributed by atoms with E-state index in [2.05, 4.69) is 0 Å². The minimum Gasteiger partial charge on any atom is 0 e. The van der Waals surface area contributed by atoms with Crippen LogP contribution in [0.25, 0.3) is 0 Å². The van der Waals surface area contributed by atoms with Gasteiger partial charge in [-0.05, 0) is 0 Å². The van der Waals surface area contributed by atoms with E-state index in [1.165, 1.54) is 0 Å². The molecule has 0 N–H and O–H groups in total. The van der Waals surface area contributed by atoms with Gasteiger partial charge in [-0.3, -0.25) is 0 Å². The quantitative estimate of drug-likeness (QED) is 0.203. The van der Waals surface area contributed by atoms with Crippen LogP contribution in [0.15, 0.2) is 0 Å². The second kappa shape index (κ2) is 304. The molecule has 247 valence electrons. The van der Waals surface area contributed by atoms with E-state index in [1.807, 2.05) is 0 Å². The van der Waals surface area contributed by atoms with E-state index in [1.54, 1.807) is 0 Å². The van der Waals surface area contributed by atoms with E-state index in [0.717, 1.165) is 0 Å². The minimum atomic E-state index is -2.19. The number of rotatable bonds is 0. The van der Waals surface area contributed by atoms with Crippen molar-refractivity contribution in [2.45, 2.75) is 0 Å². The zero-order chi connectivity index (χ0) is 35.2. The summed E-state index contributed by atoms with van der Waals surface area (Å²) in [4.78, 5) is 0. The van der Waals surface area contributed by atoms with Gasteiger partial charge in [-0.1, -0.05) is 0 Å². The summed E-state index contributed by atoms with van der Waals surface area (Å²) in [5.41, 5.74) is 0. The molecule has 42 heavy (non-hydrogen) atoms. The number of hydrogen-bond donors (Lipinski definition) is 0. The van der Waals surface area contributed by atoms with Crippen molar-refractivity contribution < 1.29 is 164 Å². The first kappa shape index (κ1) is 104. The van der Waals surface area contributed by atoms with E-state index in [4.69, 9.17) is 103 Å². The summed E-state index contributed by atoms with van der Waals surface area (Å²) < 4.78 is 222. The summed E-state index contributed by atoms with van der Waals surface area (Å²) in [5, 5.41) is 0. The van der Waals surface area contributed by atoms with E-state index in [0.29, 0.717) is 0 Å². The Hall–Kier alpha value is 3.82. The van der Waals surface area contributed by atoms with Crippen LogP contribution in [-0.2, 0) is 110 Å². The molecular weight excluding hydrogens is 1690 g/mol. The summed E-state index contributed by atoms with van der Waals surface area (Å²) in [6.45, 7) is 0. The van der Waals surface area contributed by atoms with Crippen LogP contribution in [0.1, 0.15) is 0 Å². The number of hydrogen-bond acceptors (Lipinski definition) is 26. The molecular formula is H13Ge13MoO26VW-9.